The van der Waals surface area contributed by atoms with Crippen molar-refractivity contribution in [2.24, 2.45) is 34.7 Å². The summed E-state index contributed by atoms with van der Waals surface area (Å²) in [5.74, 6) is -4.23. The molecular formula is C47H66N2O11. The van der Waals surface area contributed by atoms with Crippen molar-refractivity contribution >= 4 is 23.4 Å². The predicted octanol–water partition coefficient (Wildman–Crippen LogP) is 6.37. The number of carbonyl (C=O) groups excluding carboxylic acids is 3. The molecule has 0 saturated carbocycles. The Labute approximate surface area is 355 Å². The Kier molecular flexibility index (Phi) is 14.6. The van der Waals surface area contributed by atoms with Crippen LogP contribution in [0.25, 0.3) is 11.1 Å². The lowest BCUT2D eigenvalue weighted by atomic mass is 9.70. The lowest BCUT2D eigenvalue weighted by Gasteiger charge is -2.48. The second-order valence-corrected chi connectivity index (χ2v) is 18.2. The lowest BCUT2D eigenvalue weighted by Crippen LogP contribution is -2.60. The number of esters is 2. The molecule has 60 heavy (non-hydrogen) atoms. The number of aliphatic hydroxyl groups excluding tert-OH is 1. The summed E-state index contributed by atoms with van der Waals surface area (Å²) < 4.78 is 39.2. The molecule has 2 bridgehead atoms. The second kappa shape index (κ2) is 19.1. The zero-order chi connectivity index (χ0) is 43.5. The number of fused-ring (bicyclic) bond motifs is 4. The van der Waals surface area contributed by atoms with E-state index in [9.17, 15) is 19.5 Å². The van der Waals surface area contributed by atoms with Gasteiger partial charge >= 0.3 is 11.9 Å². The Hall–Kier alpha value is -3.72. The highest BCUT2D eigenvalue weighted by Crippen LogP contribution is 2.46. The van der Waals surface area contributed by atoms with Crippen molar-refractivity contribution in [2.45, 2.75) is 142 Å². The molecule has 6 rings (SSSR count). The highest BCUT2D eigenvalue weighted by Gasteiger charge is 2.57. The first-order valence-corrected chi connectivity index (χ1v) is 21.6. The molecule has 330 valence electrons. The smallest absolute Gasteiger partial charge is 0.311 e. The number of ether oxygens (including phenoxy) is 6. The van der Waals surface area contributed by atoms with Crippen LogP contribution in [0.4, 0.5) is 0 Å². The molecule has 4 saturated heterocycles. The minimum Gasteiger partial charge on any atom is -0.458 e. The van der Waals surface area contributed by atoms with Gasteiger partial charge in [-0.2, -0.15) is 0 Å². The van der Waals surface area contributed by atoms with E-state index in [0.717, 1.165) is 16.7 Å². The fraction of sp³-hybridized carbons (Fsp3) is 0.660. The quantitative estimate of drug-likeness (QED) is 0.233. The third kappa shape index (κ3) is 9.66. The number of likely N-dealkylation sites (N-methyl/N-ethyl adjacent to an activating group) is 1. The molecule has 0 spiro atoms. The van der Waals surface area contributed by atoms with Gasteiger partial charge < -0.3 is 43.3 Å². The minimum absolute atomic E-state index is 0.0276. The van der Waals surface area contributed by atoms with E-state index in [-0.39, 0.29) is 50.6 Å². The van der Waals surface area contributed by atoms with Gasteiger partial charge in [0.15, 0.2) is 6.29 Å². The zero-order valence-corrected chi connectivity index (χ0v) is 37.0. The van der Waals surface area contributed by atoms with Crippen molar-refractivity contribution in [1.82, 2.24) is 4.90 Å². The van der Waals surface area contributed by atoms with Gasteiger partial charge in [0.1, 0.15) is 35.9 Å². The van der Waals surface area contributed by atoms with Gasteiger partial charge in [0.25, 0.3) is 0 Å². The first kappa shape index (κ1) is 45.8. The van der Waals surface area contributed by atoms with Crippen molar-refractivity contribution in [1.29, 1.82) is 0 Å². The number of ketones is 1. The van der Waals surface area contributed by atoms with Crippen molar-refractivity contribution in [3.63, 3.8) is 0 Å². The maximum atomic E-state index is 14.6. The number of carbonyl (C=O) groups is 3. The number of oxime groups is 1. The van der Waals surface area contributed by atoms with Gasteiger partial charge in [-0.25, -0.2) is 0 Å². The molecule has 4 fully saturated rings. The van der Waals surface area contributed by atoms with E-state index < -0.39 is 83.4 Å². The number of benzene rings is 2. The highest BCUT2D eigenvalue weighted by molar-refractivity contribution is 5.87. The minimum atomic E-state index is -1.23. The summed E-state index contributed by atoms with van der Waals surface area (Å²) in [6.07, 6.45) is -3.65. The highest BCUT2D eigenvalue weighted by atomic mass is 16.7. The summed E-state index contributed by atoms with van der Waals surface area (Å²) >= 11 is 0. The summed E-state index contributed by atoms with van der Waals surface area (Å²) in [6, 6.07) is 17.8. The first-order valence-electron chi connectivity index (χ1n) is 21.6. The summed E-state index contributed by atoms with van der Waals surface area (Å²) in [5.41, 5.74) is 1.01. The molecule has 14 atom stereocenters. The van der Waals surface area contributed by atoms with Gasteiger partial charge in [-0.05, 0) is 77.7 Å². The molecule has 2 aromatic carbocycles. The normalized spacial score (nSPS) is 38.9. The number of hydrogen-bond acceptors (Lipinski definition) is 13. The fourth-order valence-electron chi connectivity index (χ4n) is 10.1. The first-order chi connectivity index (χ1) is 28.5. The topological polar surface area (TPSA) is 152 Å². The average Bonchev–Trinajstić information content (AvgIpc) is 3.55. The summed E-state index contributed by atoms with van der Waals surface area (Å²) in [5, 5.41) is 16.3. The predicted molar refractivity (Wildman–Crippen MR) is 225 cm³/mol. The van der Waals surface area contributed by atoms with E-state index in [1.165, 1.54) is 0 Å². The largest absolute Gasteiger partial charge is 0.458 e. The van der Waals surface area contributed by atoms with E-state index >= 15 is 0 Å². The Morgan fingerprint density at radius 2 is 1.63 bits per heavy atom. The van der Waals surface area contributed by atoms with Crippen LogP contribution in [0.2, 0.25) is 0 Å². The number of nitrogens with zero attached hydrogens (tertiary/aromatic N) is 2. The van der Waals surface area contributed by atoms with Gasteiger partial charge in [0.05, 0.1) is 49.5 Å². The molecule has 0 aliphatic carbocycles. The molecule has 0 aromatic heterocycles. The molecule has 4 aliphatic heterocycles. The molecule has 13 nitrogen and oxygen atoms in total. The van der Waals surface area contributed by atoms with Crippen LogP contribution >= 0.6 is 0 Å². The Morgan fingerprint density at radius 1 is 0.933 bits per heavy atom. The molecule has 0 amide bonds. The van der Waals surface area contributed by atoms with Crippen molar-refractivity contribution in [3.8, 4) is 11.1 Å². The molecule has 4 aliphatic rings. The number of hydrogen-bond donors (Lipinski definition) is 1. The van der Waals surface area contributed by atoms with Gasteiger partial charge in [-0.3, -0.25) is 14.4 Å². The monoisotopic (exact) mass is 834 g/mol. The zero-order valence-electron chi connectivity index (χ0n) is 37.0. The molecule has 0 radical (unpaired) electrons. The Morgan fingerprint density at radius 3 is 2.33 bits per heavy atom. The third-order valence-corrected chi connectivity index (χ3v) is 13.5. The van der Waals surface area contributed by atoms with E-state index in [1.54, 1.807) is 13.8 Å². The summed E-state index contributed by atoms with van der Waals surface area (Å²) in [6.45, 7) is 15.0. The van der Waals surface area contributed by atoms with E-state index in [2.05, 4.69) is 5.16 Å². The van der Waals surface area contributed by atoms with E-state index in [4.69, 9.17) is 33.3 Å². The summed E-state index contributed by atoms with van der Waals surface area (Å²) in [7, 11) is 3.82. The molecule has 1 N–H and O–H groups in total. The van der Waals surface area contributed by atoms with Gasteiger partial charge in [0.2, 0.25) is 0 Å². The number of rotatable bonds is 8. The molecular weight excluding hydrogens is 769 g/mol. The number of cyclic esters (lactones) is 1. The number of aliphatic hydroxyl groups is 1. The fourth-order valence-corrected chi connectivity index (χ4v) is 10.1. The lowest BCUT2D eigenvalue weighted by molar-refractivity contribution is -0.302. The summed E-state index contributed by atoms with van der Waals surface area (Å²) in [4.78, 5) is 50.0. The van der Waals surface area contributed by atoms with Crippen LogP contribution in [0.15, 0.2) is 59.8 Å². The van der Waals surface area contributed by atoms with Crippen molar-refractivity contribution in [2.75, 3.05) is 27.3 Å². The van der Waals surface area contributed by atoms with Crippen LogP contribution in [-0.4, -0.2) is 115 Å². The Balaban J connectivity index is 1.41. The maximum absolute atomic E-state index is 14.6. The average molecular weight is 835 g/mol. The number of Topliss-reactive ketones (excluding diaryl/α,β-unsaturated/α-hetero) is 1. The maximum Gasteiger partial charge on any atom is 0.311 e. The molecule has 4 heterocycles. The van der Waals surface area contributed by atoms with Gasteiger partial charge in [-0.15, -0.1) is 0 Å². The van der Waals surface area contributed by atoms with Gasteiger partial charge in [-0.1, -0.05) is 87.4 Å². The van der Waals surface area contributed by atoms with Crippen LogP contribution in [0, 0.1) is 29.6 Å². The third-order valence-electron chi connectivity index (χ3n) is 13.5. The van der Waals surface area contributed by atoms with E-state index in [0.29, 0.717) is 18.6 Å². The van der Waals surface area contributed by atoms with Crippen LogP contribution in [0.5, 0.6) is 0 Å². The second-order valence-electron chi connectivity index (χ2n) is 18.2. The SMILES string of the molecule is CC[C@H]1OC(=O)[C@H](C)[C@H]2OC/C(=N/OCc3ccccc3-c3ccccc3)CO[C@](C)(C[C@@H](C)C(=O)[C@H](C)[C@@H]3CC(=O)O[C@]13C)[C@H](O[C@@H]1O[C@H](C)C[C@H](N(C)C)[C@H]1O)[C@H]2C. The Bertz CT molecular complexity index is 1840. The van der Waals surface area contributed by atoms with Crippen molar-refractivity contribution < 1.29 is 52.7 Å². The molecule has 0 unspecified atom stereocenters. The van der Waals surface area contributed by atoms with Crippen molar-refractivity contribution in [3.05, 3.63) is 60.2 Å². The van der Waals surface area contributed by atoms with Crippen LogP contribution in [-0.2, 0) is 54.2 Å². The molecule has 13 heteroatoms. The van der Waals surface area contributed by atoms with E-state index in [1.807, 2.05) is 115 Å². The standard InChI is InChI=1S/C47H66N2O11/c1-11-38-47(8)36(22-39(50)60-47)29(4)40(51)27(2)23-46(7)43(59-45-41(52)37(49(9)10)21-28(3)57-45)30(5)42(31(6)44(53)58-38)54-25-34(26-55-46)48-56-24-33-19-15-16-20-35(33)32-17-13-12-14-18-32/h12-20,27-31,36-38,41-43,45,52H,11,21-26H2,1-10H3/b48-34-/t27-,28-,29-,30+,31-,36+,37+,38-,41-,42+,43-,45+,46-,47+/m1/s1. The molecule has 2 aromatic rings. The van der Waals surface area contributed by atoms with Crippen LogP contribution in [0.1, 0.15) is 86.6 Å². The van der Waals surface area contributed by atoms with Crippen LogP contribution < -0.4 is 0 Å². The van der Waals surface area contributed by atoms with Gasteiger partial charge in [0, 0.05) is 29.7 Å². The van der Waals surface area contributed by atoms with Crippen LogP contribution in [0.3, 0.4) is 0 Å².